The molecule has 0 bridgehead atoms. The van der Waals surface area contributed by atoms with Crippen LogP contribution in [-0.4, -0.2) is 42.0 Å². The van der Waals surface area contributed by atoms with Crippen LogP contribution in [-0.2, 0) is 16.1 Å². The van der Waals surface area contributed by atoms with E-state index in [-0.39, 0.29) is 18.9 Å². The third-order valence-corrected chi connectivity index (χ3v) is 2.92. The Bertz CT molecular complexity index is 451. The van der Waals surface area contributed by atoms with E-state index in [2.05, 4.69) is 5.32 Å². The summed E-state index contributed by atoms with van der Waals surface area (Å²) >= 11 is 5.97. The molecular weight excluding hydrogens is 268 g/mol. The monoisotopic (exact) mass is 284 g/mol. The highest BCUT2D eigenvalue weighted by molar-refractivity contribution is 6.31. The summed E-state index contributed by atoms with van der Waals surface area (Å²) in [7, 11) is 1.71. The Morgan fingerprint density at radius 1 is 1.37 bits per heavy atom. The van der Waals surface area contributed by atoms with Crippen LogP contribution in [0.5, 0.6) is 0 Å². The number of carbonyl (C=O) groups is 2. The van der Waals surface area contributed by atoms with Gasteiger partial charge in [0.25, 0.3) is 0 Å². The maximum absolute atomic E-state index is 11.6. The number of halogens is 1. The van der Waals surface area contributed by atoms with Crippen molar-refractivity contribution < 1.29 is 14.7 Å². The zero-order valence-electron chi connectivity index (χ0n) is 10.7. The van der Waals surface area contributed by atoms with Crippen molar-refractivity contribution in [2.45, 2.75) is 13.0 Å². The lowest BCUT2D eigenvalue weighted by atomic mass is 10.2. The molecule has 0 atom stereocenters. The molecule has 0 aliphatic carbocycles. The summed E-state index contributed by atoms with van der Waals surface area (Å²) in [6.45, 7) is 0.873. The standard InChI is InChI=1S/C13H17ClN2O3/c1-16(7-6-13(18)19)9-12(17)15-8-10-4-2-3-5-11(10)14/h2-5H,6-9H2,1H3,(H,15,17)(H,18,19). The fourth-order valence-corrected chi connectivity index (χ4v) is 1.70. The Labute approximate surface area is 117 Å². The number of carbonyl (C=O) groups excluding carboxylic acids is 1. The van der Waals surface area contributed by atoms with Gasteiger partial charge in [0, 0.05) is 18.1 Å². The molecule has 104 valence electrons. The van der Waals surface area contributed by atoms with E-state index in [4.69, 9.17) is 16.7 Å². The Morgan fingerprint density at radius 2 is 2.05 bits per heavy atom. The Morgan fingerprint density at radius 3 is 2.68 bits per heavy atom. The lowest BCUT2D eigenvalue weighted by molar-refractivity contribution is -0.137. The molecule has 0 aliphatic heterocycles. The van der Waals surface area contributed by atoms with E-state index in [1.54, 1.807) is 18.0 Å². The highest BCUT2D eigenvalue weighted by Gasteiger charge is 2.08. The summed E-state index contributed by atoms with van der Waals surface area (Å²) < 4.78 is 0. The normalized spacial score (nSPS) is 10.5. The van der Waals surface area contributed by atoms with Crippen LogP contribution in [0.4, 0.5) is 0 Å². The van der Waals surface area contributed by atoms with Crippen LogP contribution in [0.3, 0.4) is 0 Å². The molecule has 0 aliphatic rings. The maximum Gasteiger partial charge on any atom is 0.304 e. The highest BCUT2D eigenvalue weighted by atomic mass is 35.5. The van der Waals surface area contributed by atoms with Gasteiger partial charge in [0.2, 0.25) is 5.91 Å². The van der Waals surface area contributed by atoms with E-state index in [1.807, 2.05) is 18.2 Å². The molecule has 2 N–H and O–H groups in total. The van der Waals surface area contributed by atoms with Crippen LogP contribution in [0.25, 0.3) is 0 Å². The first kappa shape index (κ1) is 15.5. The molecule has 1 aromatic rings. The smallest absolute Gasteiger partial charge is 0.304 e. The van der Waals surface area contributed by atoms with Gasteiger partial charge in [-0.15, -0.1) is 0 Å². The largest absolute Gasteiger partial charge is 0.481 e. The molecule has 0 unspecified atom stereocenters. The Hall–Kier alpha value is -1.59. The lowest BCUT2D eigenvalue weighted by Gasteiger charge is -2.15. The lowest BCUT2D eigenvalue weighted by Crippen LogP contribution is -2.35. The van der Waals surface area contributed by atoms with E-state index in [9.17, 15) is 9.59 Å². The average molecular weight is 285 g/mol. The third kappa shape index (κ3) is 6.22. The van der Waals surface area contributed by atoms with E-state index >= 15 is 0 Å². The molecule has 6 heteroatoms. The van der Waals surface area contributed by atoms with E-state index < -0.39 is 5.97 Å². The molecule has 1 aromatic carbocycles. The van der Waals surface area contributed by atoms with Crippen molar-refractivity contribution in [1.82, 2.24) is 10.2 Å². The summed E-state index contributed by atoms with van der Waals surface area (Å²) in [6.07, 6.45) is 0.0221. The molecule has 1 rings (SSSR count). The molecule has 5 nitrogen and oxygen atoms in total. The van der Waals surface area contributed by atoms with Crippen LogP contribution in [0.2, 0.25) is 5.02 Å². The first-order valence-electron chi connectivity index (χ1n) is 5.89. The molecule has 0 radical (unpaired) electrons. The van der Waals surface area contributed by atoms with E-state index in [0.29, 0.717) is 18.1 Å². The van der Waals surface area contributed by atoms with Crippen LogP contribution in [0.15, 0.2) is 24.3 Å². The minimum atomic E-state index is -0.872. The van der Waals surface area contributed by atoms with E-state index in [0.717, 1.165) is 5.56 Å². The fraction of sp³-hybridized carbons (Fsp3) is 0.385. The van der Waals surface area contributed by atoms with Gasteiger partial charge in [0.1, 0.15) is 0 Å². The molecule has 0 aromatic heterocycles. The quantitative estimate of drug-likeness (QED) is 0.793. The number of carboxylic acids is 1. The zero-order valence-corrected chi connectivity index (χ0v) is 11.5. The topological polar surface area (TPSA) is 69.6 Å². The van der Waals surface area contributed by atoms with Gasteiger partial charge in [-0.25, -0.2) is 0 Å². The van der Waals surface area contributed by atoms with Gasteiger partial charge < -0.3 is 10.4 Å². The van der Waals surface area contributed by atoms with Gasteiger partial charge in [0.15, 0.2) is 0 Å². The second-order valence-corrected chi connectivity index (χ2v) is 4.66. The molecule has 0 fully saturated rings. The van der Waals surface area contributed by atoms with Gasteiger partial charge in [-0.3, -0.25) is 14.5 Å². The zero-order chi connectivity index (χ0) is 14.3. The summed E-state index contributed by atoms with van der Waals surface area (Å²) in [5.74, 6) is -1.03. The number of nitrogens with zero attached hydrogens (tertiary/aromatic N) is 1. The number of hydrogen-bond donors (Lipinski definition) is 2. The molecule has 19 heavy (non-hydrogen) atoms. The van der Waals surface area contributed by atoms with Crippen LogP contribution in [0, 0.1) is 0 Å². The number of likely N-dealkylation sites (N-methyl/N-ethyl adjacent to an activating group) is 1. The molecular formula is C13H17ClN2O3. The first-order chi connectivity index (χ1) is 8.99. The second-order valence-electron chi connectivity index (χ2n) is 4.25. The Balaban J connectivity index is 2.32. The number of amides is 1. The predicted molar refractivity (Wildman–Crippen MR) is 73.0 cm³/mol. The minimum Gasteiger partial charge on any atom is -0.481 e. The Kier molecular flexibility index (Phi) is 6.32. The number of hydrogen-bond acceptors (Lipinski definition) is 3. The number of rotatable bonds is 7. The minimum absolute atomic E-state index is 0.0221. The van der Waals surface area contributed by atoms with Crippen molar-refractivity contribution >= 4 is 23.5 Å². The summed E-state index contributed by atoms with van der Waals surface area (Å²) in [6, 6.07) is 7.29. The van der Waals surface area contributed by atoms with Gasteiger partial charge in [0.05, 0.1) is 13.0 Å². The van der Waals surface area contributed by atoms with Crippen LogP contribution >= 0.6 is 11.6 Å². The molecule has 0 saturated carbocycles. The van der Waals surface area contributed by atoms with Crippen molar-refractivity contribution in [3.63, 3.8) is 0 Å². The SMILES string of the molecule is CN(CCC(=O)O)CC(=O)NCc1ccccc1Cl. The van der Waals surface area contributed by atoms with Crippen molar-refractivity contribution in [2.24, 2.45) is 0 Å². The third-order valence-electron chi connectivity index (χ3n) is 2.55. The van der Waals surface area contributed by atoms with Gasteiger partial charge in [-0.2, -0.15) is 0 Å². The van der Waals surface area contributed by atoms with Gasteiger partial charge in [-0.1, -0.05) is 29.8 Å². The number of aliphatic carboxylic acids is 1. The second kappa shape index (κ2) is 7.76. The fourth-order valence-electron chi connectivity index (χ4n) is 1.50. The van der Waals surface area contributed by atoms with Crippen molar-refractivity contribution in [2.75, 3.05) is 20.1 Å². The van der Waals surface area contributed by atoms with E-state index in [1.165, 1.54) is 0 Å². The highest BCUT2D eigenvalue weighted by Crippen LogP contribution is 2.14. The number of nitrogens with one attached hydrogen (secondary N) is 1. The summed E-state index contributed by atoms with van der Waals surface area (Å²) in [5, 5.41) is 11.9. The van der Waals surface area contributed by atoms with Crippen molar-refractivity contribution in [3.8, 4) is 0 Å². The van der Waals surface area contributed by atoms with Crippen LogP contribution < -0.4 is 5.32 Å². The summed E-state index contributed by atoms with van der Waals surface area (Å²) in [5.41, 5.74) is 0.853. The average Bonchev–Trinajstić information content (AvgIpc) is 2.35. The predicted octanol–water partition coefficient (Wildman–Crippen LogP) is 1.36. The first-order valence-corrected chi connectivity index (χ1v) is 6.27. The van der Waals surface area contributed by atoms with Crippen LogP contribution in [0.1, 0.15) is 12.0 Å². The van der Waals surface area contributed by atoms with Crippen molar-refractivity contribution in [3.05, 3.63) is 34.9 Å². The molecule has 0 spiro atoms. The number of carboxylic acid groups (broad SMARTS) is 1. The molecule has 1 amide bonds. The number of benzene rings is 1. The molecule has 0 saturated heterocycles. The maximum atomic E-state index is 11.6. The van der Waals surface area contributed by atoms with Crippen molar-refractivity contribution in [1.29, 1.82) is 0 Å². The molecule has 0 heterocycles. The summed E-state index contributed by atoms with van der Waals surface area (Å²) in [4.78, 5) is 23.7. The van der Waals surface area contributed by atoms with Gasteiger partial charge in [-0.05, 0) is 18.7 Å². The van der Waals surface area contributed by atoms with Gasteiger partial charge >= 0.3 is 5.97 Å².